The second kappa shape index (κ2) is 7.30. The zero-order valence-corrected chi connectivity index (χ0v) is 11.5. The lowest BCUT2D eigenvalue weighted by Crippen LogP contribution is -2.44. The molecule has 0 aliphatic carbocycles. The summed E-state index contributed by atoms with van der Waals surface area (Å²) >= 11 is 0. The summed E-state index contributed by atoms with van der Waals surface area (Å²) in [5.41, 5.74) is 0. The van der Waals surface area contributed by atoms with Gasteiger partial charge in [-0.3, -0.25) is 4.79 Å². The van der Waals surface area contributed by atoms with Gasteiger partial charge in [0.1, 0.15) is 6.04 Å². The summed E-state index contributed by atoms with van der Waals surface area (Å²) in [5.74, 6) is -0.747. The summed E-state index contributed by atoms with van der Waals surface area (Å²) in [6.45, 7) is 9.76. The SMILES string of the molecule is CCC(C)C(C)C(=O)NC(CC(C)C)C(=O)O. The highest BCUT2D eigenvalue weighted by Crippen LogP contribution is 2.15. The molecular weight excluding hydrogens is 218 g/mol. The summed E-state index contributed by atoms with van der Waals surface area (Å²) in [6, 6.07) is -0.769. The van der Waals surface area contributed by atoms with Gasteiger partial charge in [-0.2, -0.15) is 0 Å². The third-order valence-electron chi connectivity index (χ3n) is 3.23. The molecule has 0 aromatic carbocycles. The lowest BCUT2D eigenvalue weighted by atomic mass is 9.92. The molecule has 0 rings (SSSR count). The summed E-state index contributed by atoms with van der Waals surface area (Å²) < 4.78 is 0. The van der Waals surface area contributed by atoms with Gasteiger partial charge in [0.25, 0.3) is 0 Å². The largest absolute Gasteiger partial charge is 0.480 e. The third-order valence-corrected chi connectivity index (χ3v) is 3.23. The first-order valence-electron chi connectivity index (χ1n) is 6.32. The molecule has 4 heteroatoms. The van der Waals surface area contributed by atoms with Gasteiger partial charge in [0.2, 0.25) is 5.91 Å². The first-order chi connectivity index (χ1) is 7.79. The van der Waals surface area contributed by atoms with E-state index in [-0.39, 0.29) is 23.7 Å². The number of rotatable bonds is 7. The van der Waals surface area contributed by atoms with Crippen molar-refractivity contribution in [2.75, 3.05) is 0 Å². The molecule has 0 aliphatic heterocycles. The van der Waals surface area contributed by atoms with Crippen LogP contribution in [-0.4, -0.2) is 23.0 Å². The number of carbonyl (C=O) groups excluding carboxylic acids is 1. The van der Waals surface area contributed by atoms with Gasteiger partial charge in [-0.1, -0.05) is 41.0 Å². The molecule has 3 atom stereocenters. The second-order valence-electron chi connectivity index (χ2n) is 5.20. The summed E-state index contributed by atoms with van der Waals surface area (Å²) in [7, 11) is 0. The number of carbonyl (C=O) groups is 2. The van der Waals surface area contributed by atoms with Crippen LogP contribution in [0.4, 0.5) is 0 Å². The van der Waals surface area contributed by atoms with Crippen LogP contribution in [0.3, 0.4) is 0 Å². The van der Waals surface area contributed by atoms with Crippen molar-refractivity contribution in [2.24, 2.45) is 17.8 Å². The number of hydrogen-bond donors (Lipinski definition) is 2. The number of carboxylic acids is 1. The Bertz CT molecular complexity index is 263. The van der Waals surface area contributed by atoms with Gasteiger partial charge in [-0.05, 0) is 18.3 Å². The molecule has 0 spiro atoms. The molecule has 0 bridgehead atoms. The van der Waals surface area contributed by atoms with Crippen molar-refractivity contribution in [1.29, 1.82) is 0 Å². The molecule has 1 amide bonds. The van der Waals surface area contributed by atoms with Crippen molar-refractivity contribution in [1.82, 2.24) is 5.32 Å². The van der Waals surface area contributed by atoms with E-state index in [9.17, 15) is 9.59 Å². The standard InChI is InChI=1S/C13H25NO3/c1-6-9(4)10(5)12(15)14-11(13(16)17)7-8(2)3/h8-11H,6-7H2,1-5H3,(H,14,15)(H,16,17). The average Bonchev–Trinajstić information content (AvgIpc) is 2.25. The molecule has 17 heavy (non-hydrogen) atoms. The zero-order valence-electron chi connectivity index (χ0n) is 11.5. The third kappa shape index (κ3) is 5.71. The number of amides is 1. The quantitative estimate of drug-likeness (QED) is 0.721. The van der Waals surface area contributed by atoms with Crippen LogP contribution in [0.1, 0.15) is 47.5 Å². The van der Waals surface area contributed by atoms with E-state index >= 15 is 0 Å². The number of nitrogens with one attached hydrogen (secondary N) is 1. The van der Waals surface area contributed by atoms with Gasteiger partial charge in [0.15, 0.2) is 0 Å². The van der Waals surface area contributed by atoms with Crippen LogP contribution in [-0.2, 0) is 9.59 Å². The molecule has 0 saturated carbocycles. The van der Waals surface area contributed by atoms with E-state index in [1.54, 1.807) is 0 Å². The van der Waals surface area contributed by atoms with E-state index in [1.165, 1.54) is 0 Å². The van der Waals surface area contributed by atoms with E-state index in [4.69, 9.17) is 5.11 Å². The maximum atomic E-state index is 11.9. The van der Waals surface area contributed by atoms with Gasteiger partial charge >= 0.3 is 5.97 Å². The minimum atomic E-state index is -0.955. The van der Waals surface area contributed by atoms with Crippen LogP contribution in [0, 0.1) is 17.8 Å². The molecule has 2 N–H and O–H groups in total. The summed E-state index contributed by atoms with van der Waals surface area (Å²) in [4.78, 5) is 22.9. The lowest BCUT2D eigenvalue weighted by molar-refractivity contribution is -0.143. The monoisotopic (exact) mass is 243 g/mol. The highest BCUT2D eigenvalue weighted by atomic mass is 16.4. The van der Waals surface area contributed by atoms with Crippen molar-refractivity contribution in [3.05, 3.63) is 0 Å². The fraction of sp³-hybridized carbons (Fsp3) is 0.846. The topological polar surface area (TPSA) is 66.4 Å². The Morgan fingerprint density at radius 3 is 2.06 bits per heavy atom. The fourth-order valence-electron chi connectivity index (χ4n) is 1.61. The van der Waals surface area contributed by atoms with E-state index in [1.807, 2.05) is 34.6 Å². The number of aliphatic carboxylic acids is 1. The van der Waals surface area contributed by atoms with Crippen LogP contribution >= 0.6 is 0 Å². The lowest BCUT2D eigenvalue weighted by Gasteiger charge is -2.22. The van der Waals surface area contributed by atoms with E-state index in [2.05, 4.69) is 5.32 Å². The minimum absolute atomic E-state index is 0.144. The average molecular weight is 243 g/mol. The molecule has 4 nitrogen and oxygen atoms in total. The Balaban J connectivity index is 4.45. The van der Waals surface area contributed by atoms with Crippen LogP contribution < -0.4 is 5.32 Å². The predicted octanol–water partition coefficient (Wildman–Crippen LogP) is 2.28. The number of carboxylic acid groups (broad SMARTS) is 1. The fourth-order valence-corrected chi connectivity index (χ4v) is 1.61. The molecule has 100 valence electrons. The highest BCUT2D eigenvalue weighted by Gasteiger charge is 2.25. The highest BCUT2D eigenvalue weighted by molar-refractivity contribution is 5.84. The molecule has 0 fully saturated rings. The normalized spacial score (nSPS) is 16.4. The van der Waals surface area contributed by atoms with Gasteiger partial charge < -0.3 is 10.4 Å². The summed E-state index contributed by atoms with van der Waals surface area (Å²) in [6.07, 6.45) is 1.38. The van der Waals surface area contributed by atoms with Gasteiger partial charge in [0, 0.05) is 5.92 Å². The molecule has 0 aromatic rings. The van der Waals surface area contributed by atoms with Gasteiger partial charge in [-0.25, -0.2) is 4.79 Å². The van der Waals surface area contributed by atoms with Crippen LogP contribution in [0.15, 0.2) is 0 Å². The second-order valence-corrected chi connectivity index (χ2v) is 5.20. The minimum Gasteiger partial charge on any atom is -0.480 e. The van der Waals surface area contributed by atoms with Crippen molar-refractivity contribution >= 4 is 11.9 Å². The van der Waals surface area contributed by atoms with E-state index in [0.29, 0.717) is 6.42 Å². The van der Waals surface area contributed by atoms with Gasteiger partial charge in [-0.15, -0.1) is 0 Å². The van der Waals surface area contributed by atoms with Crippen LogP contribution in [0.25, 0.3) is 0 Å². The molecule has 0 aromatic heterocycles. The Morgan fingerprint density at radius 1 is 1.18 bits per heavy atom. The zero-order chi connectivity index (χ0) is 13.6. The number of hydrogen-bond acceptors (Lipinski definition) is 2. The smallest absolute Gasteiger partial charge is 0.326 e. The maximum Gasteiger partial charge on any atom is 0.326 e. The van der Waals surface area contributed by atoms with Crippen molar-refractivity contribution in [3.8, 4) is 0 Å². The van der Waals surface area contributed by atoms with Crippen molar-refractivity contribution < 1.29 is 14.7 Å². The Morgan fingerprint density at radius 2 is 1.71 bits per heavy atom. The van der Waals surface area contributed by atoms with Crippen molar-refractivity contribution in [2.45, 2.75) is 53.5 Å². The summed E-state index contributed by atoms with van der Waals surface area (Å²) in [5, 5.41) is 11.7. The predicted molar refractivity (Wildman–Crippen MR) is 67.6 cm³/mol. The Labute approximate surface area is 104 Å². The Hall–Kier alpha value is -1.06. The van der Waals surface area contributed by atoms with Crippen LogP contribution in [0.2, 0.25) is 0 Å². The molecule has 3 unspecified atom stereocenters. The first kappa shape index (κ1) is 15.9. The molecule has 0 saturated heterocycles. The van der Waals surface area contributed by atoms with Crippen LogP contribution in [0.5, 0.6) is 0 Å². The van der Waals surface area contributed by atoms with Gasteiger partial charge in [0.05, 0.1) is 0 Å². The van der Waals surface area contributed by atoms with Crippen molar-refractivity contribution in [3.63, 3.8) is 0 Å². The molecule has 0 radical (unpaired) electrons. The Kier molecular flexibility index (Phi) is 6.85. The molecular formula is C13H25NO3. The first-order valence-corrected chi connectivity index (χ1v) is 6.32. The molecule has 0 heterocycles. The van der Waals surface area contributed by atoms with E-state index in [0.717, 1.165) is 6.42 Å². The maximum absolute atomic E-state index is 11.9. The molecule has 0 aliphatic rings. The van der Waals surface area contributed by atoms with E-state index < -0.39 is 12.0 Å².